The van der Waals surface area contributed by atoms with Crippen LogP contribution in [0.1, 0.15) is 16.9 Å². The van der Waals surface area contributed by atoms with Gasteiger partial charge in [0.05, 0.1) is 5.71 Å². The normalized spacial score (nSPS) is 17.4. The molecule has 0 saturated carbocycles. The van der Waals surface area contributed by atoms with Gasteiger partial charge < -0.3 is 0 Å². The molecule has 1 aromatic heterocycles. The van der Waals surface area contributed by atoms with Crippen LogP contribution in [0.2, 0.25) is 0 Å². The molecule has 0 saturated heterocycles. The molecule has 0 bridgehead atoms. The van der Waals surface area contributed by atoms with E-state index in [2.05, 4.69) is 52.8 Å². The highest BCUT2D eigenvalue weighted by Gasteiger charge is 2.14. The number of thiophene rings is 1. The first kappa shape index (κ1) is 10.5. The van der Waals surface area contributed by atoms with E-state index < -0.39 is 0 Å². The number of benzene rings is 1. The number of hydrogen-bond donors (Lipinski definition) is 0. The average Bonchev–Trinajstić information content (AvgIpc) is 3.02. The van der Waals surface area contributed by atoms with Gasteiger partial charge in [-0.15, -0.1) is 11.3 Å². The maximum Gasteiger partial charge on any atom is 0.0679 e. The molecule has 84 valence electrons. The van der Waals surface area contributed by atoms with Gasteiger partial charge in [0.2, 0.25) is 0 Å². The lowest BCUT2D eigenvalue weighted by Crippen LogP contribution is -1.99. The zero-order valence-electron chi connectivity index (χ0n) is 9.47. The van der Waals surface area contributed by atoms with E-state index in [1.54, 1.807) is 11.3 Å². The third-order valence-corrected chi connectivity index (χ3v) is 3.68. The number of aliphatic imine (C=N–C) groups is 1. The van der Waals surface area contributed by atoms with Crippen molar-refractivity contribution in [3.63, 3.8) is 0 Å². The molecule has 0 spiro atoms. The standard InChI is InChI=1S/C15H13NS/c1-2-5-12(6-3-1)15-13(8-9-16-15)11-14-7-4-10-17-14/h1-7,10-11H,8-9H2/b13-11+. The minimum Gasteiger partial charge on any atom is -0.284 e. The molecule has 0 unspecified atom stereocenters. The molecule has 0 amide bonds. The number of nitrogens with zero attached hydrogens (tertiary/aromatic N) is 1. The van der Waals surface area contributed by atoms with Crippen molar-refractivity contribution in [3.8, 4) is 0 Å². The zero-order valence-corrected chi connectivity index (χ0v) is 10.3. The fourth-order valence-electron chi connectivity index (χ4n) is 2.07. The molecule has 3 rings (SSSR count). The lowest BCUT2D eigenvalue weighted by atomic mass is 10.0. The van der Waals surface area contributed by atoms with Gasteiger partial charge in [-0.2, -0.15) is 0 Å². The third-order valence-electron chi connectivity index (χ3n) is 2.86. The molecule has 2 heteroatoms. The van der Waals surface area contributed by atoms with Crippen LogP contribution < -0.4 is 0 Å². The minimum absolute atomic E-state index is 0.918. The Labute approximate surface area is 105 Å². The van der Waals surface area contributed by atoms with Crippen molar-refractivity contribution in [1.82, 2.24) is 0 Å². The topological polar surface area (TPSA) is 12.4 Å². The summed E-state index contributed by atoms with van der Waals surface area (Å²) in [4.78, 5) is 5.93. The lowest BCUT2D eigenvalue weighted by molar-refractivity contribution is 1.05. The van der Waals surface area contributed by atoms with Crippen LogP contribution in [-0.2, 0) is 0 Å². The molecule has 0 atom stereocenters. The zero-order chi connectivity index (χ0) is 11.5. The van der Waals surface area contributed by atoms with Crippen LogP contribution in [0.4, 0.5) is 0 Å². The van der Waals surface area contributed by atoms with Crippen molar-refractivity contribution in [2.24, 2.45) is 4.99 Å². The fraction of sp³-hybridized carbons (Fsp3) is 0.133. The lowest BCUT2D eigenvalue weighted by Gasteiger charge is -2.03. The van der Waals surface area contributed by atoms with Gasteiger partial charge in [-0.3, -0.25) is 4.99 Å². The highest BCUT2D eigenvalue weighted by Crippen LogP contribution is 2.23. The van der Waals surface area contributed by atoms with E-state index in [0.717, 1.165) is 13.0 Å². The number of rotatable bonds is 2. The van der Waals surface area contributed by atoms with Crippen LogP contribution in [0.25, 0.3) is 6.08 Å². The summed E-state index contributed by atoms with van der Waals surface area (Å²) in [6.07, 6.45) is 3.33. The summed E-state index contributed by atoms with van der Waals surface area (Å²) >= 11 is 1.78. The average molecular weight is 239 g/mol. The van der Waals surface area contributed by atoms with Crippen molar-refractivity contribution in [2.75, 3.05) is 6.54 Å². The van der Waals surface area contributed by atoms with Crippen LogP contribution in [0.15, 0.2) is 58.4 Å². The molecule has 0 radical (unpaired) electrons. The van der Waals surface area contributed by atoms with E-state index in [0.29, 0.717) is 0 Å². The SMILES string of the molecule is C(=C1/CCN=C1c1ccccc1)/c1cccs1. The summed E-state index contributed by atoms with van der Waals surface area (Å²) in [5.41, 5.74) is 3.76. The first-order chi connectivity index (χ1) is 8.43. The molecular weight excluding hydrogens is 226 g/mol. The van der Waals surface area contributed by atoms with E-state index in [1.807, 2.05) is 6.07 Å². The summed E-state index contributed by atoms with van der Waals surface area (Å²) in [6.45, 7) is 0.918. The second kappa shape index (κ2) is 4.68. The Bertz CT molecular complexity index is 550. The first-order valence-electron chi connectivity index (χ1n) is 5.78. The molecule has 2 heterocycles. The van der Waals surface area contributed by atoms with Crippen molar-refractivity contribution in [3.05, 3.63) is 63.9 Å². The second-order valence-electron chi connectivity index (χ2n) is 4.03. The largest absolute Gasteiger partial charge is 0.284 e. The number of hydrogen-bond acceptors (Lipinski definition) is 2. The molecule has 0 fully saturated rings. The Kier molecular flexibility index (Phi) is 2.88. The maximum atomic E-state index is 4.62. The smallest absolute Gasteiger partial charge is 0.0679 e. The van der Waals surface area contributed by atoms with Gasteiger partial charge >= 0.3 is 0 Å². The molecule has 1 aliphatic rings. The van der Waals surface area contributed by atoms with Gasteiger partial charge in [-0.05, 0) is 35.1 Å². The van der Waals surface area contributed by atoms with Gasteiger partial charge in [-0.25, -0.2) is 0 Å². The van der Waals surface area contributed by atoms with E-state index in [9.17, 15) is 0 Å². The Morgan fingerprint density at radius 2 is 1.94 bits per heavy atom. The van der Waals surface area contributed by atoms with E-state index in [-0.39, 0.29) is 0 Å². The molecule has 17 heavy (non-hydrogen) atoms. The Morgan fingerprint density at radius 3 is 2.71 bits per heavy atom. The van der Waals surface area contributed by atoms with Gasteiger partial charge in [-0.1, -0.05) is 36.4 Å². The molecule has 1 aliphatic heterocycles. The maximum absolute atomic E-state index is 4.62. The summed E-state index contributed by atoms with van der Waals surface area (Å²) < 4.78 is 0. The summed E-state index contributed by atoms with van der Waals surface area (Å²) in [5, 5.41) is 2.11. The second-order valence-corrected chi connectivity index (χ2v) is 5.01. The fourth-order valence-corrected chi connectivity index (χ4v) is 2.75. The van der Waals surface area contributed by atoms with Crippen molar-refractivity contribution in [1.29, 1.82) is 0 Å². The summed E-state index contributed by atoms with van der Waals surface area (Å²) in [6, 6.07) is 14.7. The minimum atomic E-state index is 0.918. The molecule has 0 N–H and O–H groups in total. The molecule has 2 aromatic rings. The van der Waals surface area contributed by atoms with E-state index >= 15 is 0 Å². The van der Waals surface area contributed by atoms with Gasteiger partial charge in [0.15, 0.2) is 0 Å². The van der Waals surface area contributed by atoms with E-state index in [1.165, 1.54) is 21.7 Å². The Morgan fingerprint density at radius 1 is 1.06 bits per heavy atom. The quantitative estimate of drug-likeness (QED) is 0.750. The third kappa shape index (κ3) is 2.22. The van der Waals surface area contributed by atoms with Crippen molar-refractivity contribution >= 4 is 23.1 Å². The Balaban J connectivity index is 1.95. The van der Waals surface area contributed by atoms with Crippen molar-refractivity contribution in [2.45, 2.75) is 6.42 Å². The first-order valence-corrected chi connectivity index (χ1v) is 6.66. The highest BCUT2D eigenvalue weighted by molar-refractivity contribution is 7.10. The van der Waals surface area contributed by atoms with Crippen LogP contribution in [0.3, 0.4) is 0 Å². The van der Waals surface area contributed by atoms with Crippen molar-refractivity contribution < 1.29 is 0 Å². The monoisotopic (exact) mass is 239 g/mol. The van der Waals surface area contributed by atoms with Gasteiger partial charge in [0.1, 0.15) is 0 Å². The van der Waals surface area contributed by atoms with Crippen LogP contribution in [0, 0.1) is 0 Å². The molecular formula is C15H13NS. The predicted molar refractivity (Wildman–Crippen MR) is 74.8 cm³/mol. The molecule has 0 aliphatic carbocycles. The van der Waals surface area contributed by atoms with Crippen LogP contribution in [-0.4, -0.2) is 12.3 Å². The van der Waals surface area contributed by atoms with Crippen LogP contribution in [0.5, 0.6) is 0 Å². The van der Waals surface area contributed by atoms with Gasteiger partial charge in [0.25, 0.3) is 0 Å². The van der Waals surface area contributed by atoms with Gasteiger partial charge in [0, 0.05) is 11.4 Å². The van der Waals surface area contributed by atoms with E-state index in [4.69, 9.17) is 0 Å². The molecule has 1 nitrogen and oxygen atoms in total. The summed E-state index contributed by atoms with van der Waals surface area (Å²) in [7, 11) is 0. The van der Waals surface area contributed by atoms with Crippen LogP contribution >= 0.6 is 11.3 Å². The Hall–Kier alpha value is -1.67. The summed E-state index contributed by atoms with van der Waals surface area (Å²) in [5.74, 6) is 0. The molecule has 1 aromatic carbocycles. The highest BCUT2D eigenvalue weighted by atomic mass is 32.1. The predicted octanol–water partition coefficient (Wildman–Crippen LogP) is 4.02.